The van der Waals surface area contributed by atoms with Gasteiger partial charge in [0.15, 0.2) is 0 Å². The third kappa shape index (κ3) is 3.67. The Morgan fingerprint density at radius 2 is 2.38 bits per heavy atom. The minimum atomic E-state index is 0.468. The summed E-state index contributed by atoms with van der Waals surface area (Å²) in [5.74, 6) is 1.62. The topological polar surface area (TPSA) is 36.7 Å². The number of aromatic nitrogens is 1. The second-order valence-electron chi connectivity index (χ2n) is 2.36. The molecule has 4 heteroatoms. The molecule has 0 aliphatic rings. The molecule has 0 aliphatic carbocycles. The number of hydrogen-bond donors (Lipinski definition) is 0. The summed E-state index contributed by atoms with van der Waals surface area (Å²) in [5.41, 5.74) is 0.468. The lowest BCUT2D eigenvalue weighted by Gasteiger charge is -1.98. The van der Waals surface area contributed by atoms with Crippen molar-refractivity contribution < 1.29 is 0 Å². The molecule has 1 aromatic rings. The summed E-state index contributed by atoms with van der Waals surface area (Å²) in [6.07, 6.45) is 0.963. The van der Waals surface area contributed by atoms with Crippen molar-refractivity contribution in [3.05, 3.63) is 23.9 Å². The van der Waals surface area contributed by atoms with E-state index in [9.17, 15) is 0 Å². The van der Waals surface area contributed by atoms with Gasteiger partial charge in [-0.05, 0) is 18.6 Å². The first-order chi connectivity index (χ1) is 6.36. The van der Waals surface area contributed by atoms with Gasteiger partial charge < -0.3 is 0 Å². The van der Waals surface area contributed by atoms with E-state index in [2.05, 4.69) is 4.98 Å². The molecule has 0 saturated heterocycles. The lowest BCUT2D eigenvalue weighted by Crippen LogP contribution is -1.86. The summed E-state index contributed by atoms with van der Waals surface area (Å²) in [6, 6.07) is 7.45. The molecule has 1 rings (SSSR count). The maximum atomic E-state index is 8.59. The van der Waals surface area contributed by atoms with Crippen LogP contribution in [0, 0.1) is 11.3 Å². The smallest absolute Gasteiger partial charge is 0.141 e. The summed E-state index contributed by atoms with van der Waals surface area (Å²) in [4.78, 5) is 4.12. The van der Waals surface area contributed by atoms with Gasteiger partial charge in [0.1, 0.15) is 11.8 Å². The van der Waals surface area contributed by atoms with Gasteiger partial charge in [-0.1, -0.05) is 6.07 Å². The average molecular weight is 213 g/mol. The molecule has 0 radical (unpaired) electrons. The summed E-state index contributed by atoms with van der Waals surface area (Å²) < 4.78 is 0. The zero-order valence-electron chi connectivity index (χ0n) is 7.03. The van der Waals surface area contributed by atoms with Crippen LogP contribution in [0.3, 0.4) is 0 Å². The summed E-state index contributed by atoms with van der Waals surface area (Å²) in [7, 11) is 0. The molecule has 0 spiro atoms. The highest BCUT2D eigenvalue weighted by Gasteiger charge is 1.96. The van der Waals surface area contributed by atoms with Crippen LogP contribution in [0.15, 0.2) is 23.2 Å². The van der Waals surface area contributed by atoms with Crippen molar-refractivity contribution in [1.82, 2.24) is 4.98 Å². The SMILES string of the molecule is N#Cc1cccc(SCCCCl)n1. The van der Waals surface area contributed by atoms with Crippen LogP contribution < -0.4 is 0 Å². The molecule has 0 saturated carbocycles. The Bertz CT molecular complexity index is 309. The summed E-state index contributed by atoms with van der Waals surface area (Å²) in [6.45, 7) is 0. The highest BCUT2D eigenvalue weighted by molar-refractivity contribution is 7.99. The molecule has 68 valence electrons. The van der Waals surface area contributed by atoms with Gasteiger partial charge in [0, 0.05) is 11.6 Å². The predicted molar refractivity (Wildman–Crippen MR) is 55.0 cm³/mol. The van der Waals surface area contributed by atoms with Gasteiger partial charge in [-0.3, -0.25) is 0 Å². The van der Waals surface area contributed by atoms with Crippen LogP contribution in [0.25, 0.3) is 0 Å². The Morgan fingerprint density at radius 1 is 1.54 bits per heavy atom. The number of halogens is 1. The first-order valence-electron chi connectivity index (χ1n) is 3.92. The predicted octanol–water partition coefficient (Wildman–Crippen LogP) is 2.67. The number of nitriles is 1. The van der Waals surface area contributed by atoms with Crippen molar-refractivity contribution >= 4 is 23.4 Å². The van der Waals surface area contributed by atoms with Crippen molar-refractivity contribution in [1.29, 1.82) is 5.26 Å². The standard InChI is InChI=1S/C9H9ClN2S/c10-5-2-6-13-9-4-1-3-8(7-11)12-9/h1,3-4H,2,5-6H2. The van der Waals surface area contributed by atoms with E-state index in [0.717, 1.165) is 17.2 Å². The highest BCUT2D eigenvalue weighted by atomic mass is 35.5. The maximum Gasteiger partial charge on any atom is 0.141 e. The summed E-state index contributed by atoms with van der Waals surface area (Å²) in [5, 5.41) is 9.48. The van der Waals surface area contributed by atoms with Gasteiger partial charge in [0.25, 0.3) is 0 Å². The second kappa shape index (κ2) is 5.85. The Labute approximate surface area is 86.9 Å². The van der Waals surface area contributed by atoms with E-state index in [1.807, 2.05) is 18.2 Å². The zero-order chi connectivity index (χ0) is 9.52. The van der Waals surface area contributed by atoms with Crippen LogP contribution in [0.1, 0.15) is 12.1 Å². The normalized spacial score (nSPS) is 9.54. The Kier molecular flexibility index (Phi) is 4.66. The molecule has 0 fully saturated rings. The molecule has 0 unspecified atom stereocenters. The van der Waals surface area contributed by atoms with Crippen molar-refractivity contribution in [3.8, 4) is 6.07 Å². The number of alkyl halides is 1. The Morgan fingerprint density at radius 3 is 3.08 bits per heavy atom. The number of hydrogen-bond acceptors (Lipinski definition) is 3. The number of nitrogens with zero attached hydrogens (tertiary/aromatic N) is 2. The molecule has 1 heterocycles. The van der Waals surface area contributed by atoms with Crippen molar-refractivity contribution in [3.63, 3.8) is 0 Å². The average Bonchev–Trinajstić information content (AvgIpc) is 2.19. The van der Waals surface area contributed by atoms with Gasteiger partial charge in [0.05, 0.1) is 5.03 Å². The molecular formula is C9H9ClN2S. The monoisotopic (exact) mass is 212 g/mol. The summed E-state index contributed by atoms with van der Waals surface area (Å²) >= 11 is 7.17. The van der Waals surface area contributed by atoms with Crippen LogP contribution in [-0.2, 0) is 0 Å². The molecular weight excluding hydrogens is 204 g/mol. The van der Waals surface area contributed by atoms with E-state index in [0.29, 0.717) is 11.6 Å². The van der Waals surface area contributed by atoms with E-state index in [1.54, 1.807) is 17.8 Å². The highest BCUT2D eigenvalue weighted by Crippen LogP contribution is 2.16. The molecule has 1 aromatic heterocycles. The van der Waals surface area contributed by atoms with Crippen LogP contribution in [0.5, 0.6) is 0 Å². The van der Waals surface area contributed by atoms with Crippen molar-refractivity contribution in [2.24, 2.45) is 0 Å². The molecule has 13 heavy (non-hydrogen) atoms. The molecule has 0 amide bonds. The molecule has 0 atom stereocenters. The largest absolute Gasteiger partial charge is 0.231 e. The van der Waals surface area contributed by atoms with Crippen LogP contribution in [0.2, 0.25) is 0 Å². The molecule has 0 aliphatic heterocycles. The van der Waals surface area contributed by atoms with Crippen LogP contribution in [0.4, 0.5) is 0 Å². The van der Waals surface area contributed by atoms with Gasteiger partial charge in [0.2, 0.25) is 0 Å². The second-order valence-corrected chi connectivity index (χ2v) is 3.86. The van der Waals surface area contributed by atoms with Crippen LogP contribution >= 0.6 is 23.4 Å². The van der Waals surface area contributed by atoms with Gasteiger partial charge in [-0.15, -0.1) is 23.4 Å². The van der Waals surface area contributed by atoms with Crippen molar-refractivity contribution in [2.45, 2.75) is 11.4 Å². The fourth-order valence-electron chi connectivity index (χ4n) is 0.789. The fraction of sp³-hybridized carbons (Fsp3) is 0.333. The lowest BCUT2D eigenvalue weighted by molar-refractivity contribution is 1.07. The number of pyridine rings is 1. The lowest BCUT2D eigenvalue weighted by atomic mass is 10.4. The first kappa shape index (κ1) is 10.4. The maximum absolute atomic E-state index is 8.59. The third-order valence-corrected chi connectivity index (χ3v) is 2.65. The molecule has 0 aromatic carbocycles. The fourth-order valence-corrected chi connectivity index (χ4v) is 1.92. The van der Waals surface area contributed by atoms with E-state index >= 15 is 0 Å². The van der Waals surface area contributed by atoms with E-state index in [1.165, 1.54) is 0 Å². The minimum absolute atomic E-state index is 0.468. The molecule has 0 N–H and O–H groups in total. The molecule has 0 bridgehead atoms. The minimum Gasteiger partial charge on any atom is -0.231 e. The van der Waals surface area contributed by atoms with Crippen LogP contribution in [-0.4, -0.2) is 16.6 Å². The van der Waals surface area contributed by atoms with Gasteiger partial charge in [-0.25, -0.2) is 4.98 Å². The zero-order valence-corrected chi connectivity index (χ0v) is 8.61. The van der Waals surface area contributed by atoms with Crippen molar-refractivity contribution in [2.75, 3.05) is 11.6 Å². The van der Waals surface area contributed by atoms with Gasteiger partial charge in [-0.2, -0.15) is 5.26 Å². The van der Waals surface area contributed by atoms with E-state index in [-0.39, 0.29) is 0 Å². The Balaban J connectivity index is 2.52. The van der Waals surface area contributed by atoms with Gasteiger partial charge >= 0.3 is 0 Å². The van der Waals surface area contributed by atoms with E-state index in [4.69, 9.17) is 16.9 Å². The first-order valence-corrected chi connectivity index (χ1v) is 5.45. The van der Waals surface area contributed by atoms with E-state index < -0.39 is 0 Å². The number of thioether (sulfide) groups is 1. The Hall–Kier alpha value is -0.720. The quantitative estimate of drug-likeness (QED) is 0.438. The molecule has 2 nitrogen and oxygen atoms in total. The number of rotatable bonds is 4. The third-order valence-electron chi connectivity index (χ3n) is 1.37.